The zero-order chi connectivity index (χ0) is 22.3. The smallest absolute Gasteiger partial charge is 0.122 e. The highest BCUT2D eigenvalue weighted by atomic mass is 16.6. The standard InChI is InChI=1S/C28H42O3/c1-16(2)17(3)7-8-18(4)21-15-25-28(31-25)22-14-24(30)23-13-19(29)9-11-26(23,5)20(22)10-12-27(21,28)6/h7-8,13-14,16-21,24-25,29-30H,9-12,15H2,1-6H3/b8-7+/t17?,18?,19-,20?,21+,24-,25+,26+,27+,28+/m0/s1. The van der Waals surface area contributed by atoms with Crippen LogP contribution >= 0.6 is 0 Å². The first-order valence-electron chi connectivity index (χ1n) is 12.7. The van der Waals surface area contributed by atoms with Gasteiger partial charge >= 0.3 is 0 Å². The maximum atomic E-state index is 11.1. The topological polar surface area (TPSA) is 53.0 Å². The molecule has 1 saturated heterocycles. The first-order valence-corrected chi connectivity index (χ1v) is 12.7. The Morgan fingerprint density at radius 1 is 1.00 bits per heavy atom. The molecular formula is C28H42O3. The van der Waals surface area contributed by atoms with Crippen LogP contribution in [0.15, 0.2) is 35.5 Å². The van der Waals surface area contributed by atoms with E-state index in [1.807, 2.05) is 6.08 Å². The van der Waals surface area contributed by atoms with E-state index in [4.69, 9.17) is 4.74 Å². The van der Waals surface area contributed by atoms with Gasteiger partial charge in [-0.1, -0.05) is 59.8 Å². The molecule has 0 aromatic carbocycles. The van der Waals surface area contributed by atoms with E-state index in [9.17, 15) is 10.2 Å². The molecule has 4 aliphatic carbocycles. The van der Waals surface area contributed by atoms with Crippen molar-refractivity contribution in [3.8, 4) is 0 Å². The molecule has 1 spiro atoms. The minimum atomic E-state index is -0.587. The molecule has 2 N–H and O–H groups in total. The van der Waals surface area contributed by atoms with Gasteiger partial charge in [-0.2, -0.15) is 0 Å². The van der Waals surface area contributed by atoms with Gasteiger partial charge in [0.1, 0.15) is 5.60 Å². The molecule has 2 saturated carbocycles. The van der Waals surface area contributed by atoms with Gasteiger partial charge in [-0.15, -0.1) is 0 Å². The Morgan fingerprint density at radius 3 is 2.45 bits per heavy atom. The van der Waals surface area contributed by atoms with Gasteiger partial charge in [-0.3, -0.25) is 0 Å². The Balaban J connectivity index is 1.47. The summed E-state index contributed by atoms with van der Waals surface area (Å²) in [7, 11) is 0. The molecule has 3 fully saturated rings. The van der Waals surface area contributed by atoms with Crippen molar-refractivity contribution in [3.05, 3.63) is 35.5 Å². The molecule has 1 heterocycles. The van der Waals surface area contributed by atoms with Gasteiger partial charge in [-0.25, -0.2) is 0 Å². The Morgan fingerprint density at radius 2 is 1.74 bits per heavy atom. The minimum absolute atomic E-state index is 0.0500. The second-order valence-electron chi connectivity index (χ2n) is 12.3. The normalized spacial score (nSPS) is 50.2. The lowest BCUT2D eigenvalue weighted by atomic mass is 9.48. The molecule has 31 heavy (non-hydrogen) atoms. The van der Waals surface area contributed by atoms with Crippen molar-refractivity contribution in [2.24, 2.45) is 40.4 Å². The SMILES string of the molecule is CC(C)C(C)/C=C/C(C)[C@H]1C[C@H]2O[C@]23C2=C[C@H](O)C4=C[C@@H](O)CC[C@]4(C)C2CC[C@]13C. The van der Waals surface area contributed by atoms with Crippen LogP contribution in [0.5, 0.6) is 0 Å². The van der Waals surface area contributed by atoms with E-state index in [0.717, 1.165) is 31.3 Å². The number of aliphatic hydroxyl groups excluding tert-OH is 2. The van der Waals surface area contributed by atoms with Crippen molar-refractivity contribution in [3.63, 3.8) is 0 Å². The summed E-state index contributed by atoms with van der Waals surface area (Å²) in [6.07, 6.45) is 13.5. The highest BCUT2D eigenvalue weighted by molar-refractivity contribution is 5.48. The fourth-order valence-electron chi connectivity index (χ4n) is 8.03. The average molecular weight is 427 g/mol. The van der Waals surface area contributed by atoms with Gasteiger partial charge in [0.05, 0.1) is 18.3 Å². The van der Waals surface area contributed by atoms with E-state index in [2.05, 4.69) is 59.8 Å². The molecule has 3 nitrogen and oxygen atoms in total. The highest BCUT2D eigenvalue weighted by Crippen LogP contribution is 2.75. The maximum Gasteiger partial charge on any atom is 0.122 e. The van der Waals surface area contributed by atoms with E-state index in [1.165, 1.54) is 12.0 Å². The zero-order valence-corrected chi connectivity index (χ0v) is 20.3. The third-order valence-corrected chi connectivity index (χ3v) is 10.4. The first-order chi connectivity index (χ1) is 14.5. The summed E-state index contributed by atoms with van der Waals surface area (Å²) in [5.74, 6) is 2.88. The van der Waals surface area contributed by atoms with Gasteiger partial charge in [0.15, 0.2) is 0 Å². The summed E-state index contributed by atoms with van der Waals surface area (Å²) in [4.78, 5) is 0. The lowest BCUT2D eigenvalue weighted by Crippen LogP contribution is -2.53. The van der Waals surface area contributed by atoms with Crippen LogP contribution < -0.4 is 0 Å². The van der Waals surface area contributed by atoms with Crippen molar-refractivity contribution in [2.75, 3.05) is 0 Å². The molecule has 5 aliphatic rings. The minimum Gasteiger partial charge on any atom is -0.389 e. The van der Waals surface area contributed by atoms with Crippen LogP contribution in [0.3, 0.4) is 0 Å². The predicted octanol–water partition coefficient (Wildman–Crippen LogP) is 5.43. The van der Waals surface area contributed by atoms with Crippen molar-refractivity contribution in [1.29, 1.82) is 0 Å². The van der Waals surface area contributed by atoms with E-state index < -0.39 is 12.2 Å². The van der Waals surface area contributed by atoms with E-state index in [1.54, 1.807) is 0 Å². The molecule has 5 rings (SSSR count). The van der Waals surface area contributed by atoms with Gasteiger partial charge in [0, 0.05) is 5.41 Å². The van der Waals surface area contributed by atoms with Gasteiger partial charge in [-0.05, 0) is 84.3 Å². The van der Waals surface area contributed by atoms with Gasteiger partial charge in [0.25, 0.3) is 0 Å². The van der Waals surface area contributed by atoms with Crippen LogP contribution in [0, 0.1) is 40.4 Å². The number of fused-ring (bicyclic) bond motifs is 3. The number of ether oxygens (including phenoxy) is 1. The number of allylic oxidation sites excluding steroid dienone is 2. The van der Waals surface area contributed by atoms with Crippen molar-refractivity contribution >= 4 is 0 Å². The Hall–Kier alpha value is -0.900. The molecule has 10 atom stereocenters. The van der Waals surface area contributed by atoms with Crippen LogP contribution in [0.25, 0.3) is 0 Å². The van der Waals surface area contributed by atoms with Crippen molar-refractivity contribution < 1.29 is 14.9 Å². The fourth-order valence-corrected chi connectivity index (χ4v) is 8.03. The van der Waals surface area contributed by atoms with E-state index in [-0.39, 0.29) is 16.4 Å². The molecule has 0 amide bonds. The second-order valence-corrected chi connectivity index (χ2v) is 12.3. The van der Waals surface area contributed by atoms with Crippen LogP contribution in [0.2, 0.25) is 0 Å². The molecule has 0 bridgehead atoms. The number of rotatable bonds is 4. The Bertz CT molecular complexity index is 839. The third-order valence-electron chi connectivity index (χ3n) is 10.4. The maximum absolute atomic E-state index is 11.1. The zero-order valence-electron chi connectivity index (χ0n) is 20.3. The van der Waals surface area contributed by atoms with Crippen LogP contribution in [0.1, 0.15) is 73.6 Å². The van der Waals surface area contributed by atoms with Crippen LogP contribution in [0.4, 0.5) is 0 Å². The summed E-state index contributed by atoms with van der Waals surface area (Å²) in [5.41, 5.74) is 2.36. The Labute approximate surface area is 188 Å². The second kappa shape index (κ2) is 7.05. The average Bonchev–Trinajstić information content (AvgIpc) is 3.38. The summed E-state index contributed by atoms with van der Waals surface area (Å²) in [6.45, 7) is 14.1. The number of hydrogen-bond acceptors (Lipinski definition) is 3. The largest absolute Gasteiger partial charge is 0.389 e. The number of hydrogen-bond donors (Lipinski definition) is 2. The van der Waals surface area contributed by atoms with Crippen LogP contribution in [-0.4, -0.2) is 34.1 Å². The molecule has 3 heteroatoms. The molecule has 172 valence electrons. The highest BCUT2D eigenvalue weighted by Gasteiger charge is 2.79. The van der Waals surface area contributed by atoms with Crippen molar-refractivity contribution in [1.82, 2.24) is 0 Å². The number of epoxide rings is 1. The molecule has 0 aromatic heterocycles. The third kappa shape index (κ3) is 2.88. The monoisotopic (exact) mass is 426 g/mol. The van der Waals surface area contributed by atoms with Crippen molar-refractivity contribution in [2.45, 2.75) is 97.6 Å². The lowest BCUT2D eigenvalue weighted by Gasteiger charge is -2.56. The molecular weight excluding hydrogens is 384 g/mol. The van der Waals surface area contributed by atoms with Gasteiger partial charge in [0.2, 0.25) is 0 Å². The van der Waals surface area contributed by atoms with Crippen LogP contribution in [-0.2, 0) is 4.74 Å². The quantitative estimate of drug-likeness (QED) is 0.465. The summed E-state index contributed by atoms with van der Waals surface area (Å²) < 4.78 is 6.58. The predicted molar refractivity (Wildman–Crippen MR) is 124 cm³/mol. The summed E-state index contributed by atoms with van der Waals surface area (Å²) in [5, 5.41) is 21.3. The lowest BCUT2D eigenvalue weighted by molar-refractivity contribution is -0.0149. The summed E-state index contributed by atoms with van der Waals surface area (Å²) >= 11 is 0. The van der Waals surface area contributed by atoms with E-state index >= 15 is 0 Å². The molecule has 3 unspecified atom stereocenters. The number of aliphatic hydroxyl groups is 2. The molecule has 0 radical (unpaired) electrons. The molecule has 0 aromatic rings. The fraction of sp³-hybridized carbons (Fsp3) is 0.786. The first kappa shape index (κ1) is 21.9. The van der Waals surface area contributed by atoms with E-state index in [0.29, 0.717) is 35.7 Å². The molecule has 1 aliphatic heterocycles. The van der Waals surface area contributed by atoms with Gasteiger partial charge < -0.3 is 14.9 Å². The summed E-state index contributed by atoms with van der Waals surface area (Å²) in [6, 6.07) is 0. The Kier molecular flexibility index (Phi) is 4.98.